The van der Waals surface area contributed by atoms with Crippen LogP contribution in [0.2, 0.25) is 0 Å². The number of aldehydes is 1. The summed E-state index contributed by atoms with van der Waals surface area (Å²) in [6, 6.07) is 15.0. The summed E-state index contributed by atoms with van der Waals surface area (Å²) >= 11 is 0. The minimum absolute atomic E-state index is 0.136. The first-order valence-electron chi connectivity index (χ1n) is 7.49. The minimum Gasteiger partial charge on any atom is -0.489 e. The van der Waals surface area contributed by atoms with E-state index >= 15 is 0 Å². The van der Waals surface area contributed by atoms with Crippen LogP contribution in [0.3, 0.4) is 0 Å². The van der Waals surface area contributed by atoms with Crippen molar-refractivity contribution in [3.8, 4) is 16.9 Å². The molecule has 126 valence electrons. The van der Waals surface area contributed by atoms with Crippen LogP contribution in [0.4, 0.5) is 13.2 Å². The van der Waals surface area contributed by atoms with Crippen LogP contribution in [0.15, 0.2) is 60.7 Å². The Kier molecular flexibility index (Phi) is 4.84. The Morgan fingerprint density at radius 2 is 1.52 bits per heavy atom. The van der Waals surface area contributed by atoms with Crippen molar-refractivity contribution in [2.45, 2.75) is 6.61 Å². The fourth-order valence-corrected chi connectivity index (χ4v) is 2.43. The molecule has 0 bridgehead atoms. The number of hydrogen-bond acceptors (Lipinski definition) is 2. The van der Waals surface area contributed by atoms with Crippen LogP contribution in [0, 0.1) is 17.5 Å². The van der Waals surface area contributed by atoms with Gasteiger partial charge in [0.25, 0.3) is 0 Å². The monoisotopic (exact) mass is 342 g/mol. The quantitative estimate of drug-likeness (QED) is 0.473. The molecule has 0 aromatic heterocycles. The first-order valence-corrected chi connectivity index (χ1v) is 7.49. The molecule has 25 heavy (non-hydrogen) atoms. The SMILES string of the molecule is O=Cc1ccc(OCc2ccccc2)cc1-c1cc(F)c(F)cc1F. The standard InChI is InChI=1S/C20H13F3O2/c21-18-10-20(23)19(22)9-17(18)16-8-15(7-6-14(16)11-24)25-12-13-4-2-1-3-5-13/h1-11H,12H2. The summed E-state index contributed by atoms with van der Waals surface area (Å²) < 4.78 is 46.3. The zero-order valence-corrected chi connectivity index (χ0v) is 13.0. The van der Waals surface area contributed by atoms with E-state index in [-0.39, 0.29) is 23.3 Å². The predicted octanol–water partition coefficient (Wildman–Crippen LogP) is 5.16. The third kappa shape index (κ3) is 3.71. The van der Waals surface area contributed by atoms with Gasteiger partial charge in [-0.3, -0.25) is 4.79 Å². The van der Waals surface area contributed by atoms with Crippen LogP contribution < -0.4 is 4.74 Å². The van der Waals surface area contributed by atoms with Gasteiger partial charge in [-0.1, -0.05) is 30.3 Å². The fraction of sp³-hybridized carbons (Fsp3) is 0.0500. The molecule has 0 saturated carbocycles. The molecular formula is C20H13F3O2. The zero-order chi connectivity index (χ0) is 17.8. The normalized spacial score (nSPS) is 10.5. The van der Waals surface area contributed by atoms with Crippen molar-refractivity contribution >= 4 is 6.29 Å². The Labute approximate surface area is 142 Å². The predicted molar refractivity (Wildman–Crippen MR) is 87.9 cm³/mol. The van der Waals surface area contributed by atoms with Gasteiger partial charge in [-0.2, -0.15) is 0 Å². The third-order valence-electron chi connectivity index (χ3n) is 3.70. The van der Waals surface area contributed by atoms with Crippen molar-refractivity contribution in [1.29, 1.82) is 0 Å². The van der Waals surface area contributed by atoms with Gasteiger partial charge < -0.3 is 4.74 Å². The topological polar surface area (TPSA) is 26.3 Å². The van der Waals surface area contributed by atoms with Gasteiger partial charge in [0.2, 0.25) is 0 Å². The summed E-state index contributed by atoms with van der Waals surface area (Å²) in [5.41, 5.74) is 1.02. The first kappa shape index (κ1) is 16.8. The molecule has 3 aromatic carbocycles. The lowest BCUT2D eigenvalue weighted by Crippen LogP contribution is -1.98. The van der Waals surface area contributed by atoms with E-state index in [0.717, 1.165) is 11.6 Å². The molecule has 0 N–H and O–H groups in total. The van der Waals surface area contributed by atoms with Crippen LogP contribution in [-0.2, 0) is 6.61 Å². The highest BCUT2D eigenvalue weighted by Crippen LogP contribution is 2.31. The Morgan fingerprint density at radius 1 is 0.800 bits per heavy atom. The molecule has 0 aliphatic rings. The number of ether oxygens (including phenoxy) is 1. The minimum atomic E-state index is -1.29. The molecule has 0 aliphatic carbocycles. The summed E-state index contributed by atoms with van der Waals surface area (Å²) in [6.07, 6.45) is 0.525. The number of benzene rings is 3. The maximum absolute atomic E-state index is 14.1. The second-order valence-corrected chi connectivity index (χ2v) is 5.39. The van der Waals surface area contributed by atoms with Crippen LogP contribution in [-0.4, -0.2) is 6.29 Å². The van der Waals surface area contributed by atoms with Crippen molar-refractivity contribution in [3.05, 3.63) is 89.2 Å². The highest BCUT2D eigenvalue weighted by atomic mass is 19.2. The van der Waals surface area contributed by atoms with Crippen molar-refractivity contribution < 1.29 is 22.7 Å². The summed E-state index contributed by atoms with van der Waals surface area (Å²) in [5, 5.41) is 0. The van der Waals surface area contributed by atoms with Gasteiger partial charge in [-0.25, -0.2) is 13.2 Å². The lowest BCUT2D eigenvalue weighted by Gasteiger charge is -2.11. The van der Waals surface area contributed by atoms with Gasteiger partial charge in [-0.15, -0.1) is 0 Å². The van der Waals surface area contributed by atoms with Gasteiger partial charge in [0.15, 0.2) is 17.9 Å². The molecule has 0 spiro atoms. The van der Waals surface area contributed by atoms with E-state index in [9.17, 15) is 18.0 Å². The van der Waals surface area contributed by atoms with E-state index in [0.29, 0.717) is 18.1 Å². The zero-order valence-electron chi connectivity index (χ0n) is 13.0. The van der Waals surface area contributed by atoms with E-state index in [4.69, 9.17) is 4.74 Å². The van der Waals surface area contributed by atoms with E-state index in [1.807, 2.05) is 30.3 Å². The second-order valence-electron chi connectivity index (χ2n) is 5.39. The second kappa shape index (κ2) is 7.21. The molecular weight excluding hydrogens is 329 g/mol. The number of halogens is 3. The first-order chi connectivity index (χ1) is 12.1. The number of rotatable bonds is 5. The molecule has 0 atom stereocenters. The molecule has 3 aromatic rings. The highest BCUT2D eigenvalue weighted by molar-refractivity contribution is 5.88. The summed E-state index contributed by atoms with van der Waals surface area (Å²) in [5.74, 6) is -3.05. The van der Waals surface area contributed by atoms with Gasteiger partial charge in [-0.05, 0) is 35.4 Å². The van der Waals surface area contributed by atoms with E-state index in [1.165, 1.54) is 12.1 Å². The van der Waals surface area contributed by atoms with Crippen molar-refractivity contribution in [2.24, 2.45) is 0 Å². The van der Waals surface area contributed by atoms with Crippen LogP contribution in [0.5, 0.6) is 5.75 Å². The van der Waals surface area contributed by atoms with Crippen molar-refractivity contribution in [2.75, 3.05) is 0 Å². The van der Waals surface area contributed by atoms with Gasteiger partial charge in [0.1, 0.15) is 18.2 Å². The molecule has 0 radical (unpaired) electrons. The Hall–Kier alpha value is -3.08. The lowest BCUT2D eigenvalue weighted by atomic mass is 9.99. The lowest BCUT2D eigenvalue weighted by molar-refractivity contribution is 0.112. The van der Waals surface area contributed by atoms with Crippen LogP contribution in [0.25, 0.3) is 11.1 Å². The smallest absolute Gasteiger partial charge is 0.161 e. The molecule has 5 heteroatoms. The highest BCUT2D eigenvalue weighted by Gasteiger charge is 2.15. The van der Waals surface area contributed by atoms with Gasteiger partial charge in [0, 0.05) is 17.2 Å². The van der Waals surface area contributed by atoms with Gasteiger partial charge in [0.05, 0.1) is 0 Å². The molecule has 0 amide bonds. The average Bonchev–Trinajstić information content (AvgIpc) is 2.63. The number of carbonyl (C=O) groups excluding carboxylic acids is 1. The van der Waals surface area contributed by atoms with Crippen LogP contribution >= 0.6 is 0 Å². The Bertz CT molecular complexity index is 908. The molecule has 0 fully saturated rings. The Morgan fingerprint density at radius 3 is 2.24 bits per heavy atom. The fourth-order valence-electron chi connectivity index (χ4n) is 2.43. The maximum Gasteiger partial charge on any atom is 0.161 e. The van der Waals surface area contributed by atoms with Crippen molar-refractivity contribution in [1.82, 2.24) is 0 Å². The molecule has 0 aliphatic heterocycles. The number of carbonyl (C=O) groups is 1. The number of hydrogen-bond donors (Lipinski definition) is 0. The molecule has 3 rings (SSSR count). The van der Waals surface area contributed by atoms with E-state index < -0.39 is 17.5 Å². The average molecular weight is 342 g/mol. The summed E-state index contributed by atoms with van der Waals surface area (Å²) in [7, 11) is 0. The van der Waals surface area contributed by atoms with Gasteiger partial charge >= 0.3 is 0 Å². The largest absolute Gasteiger partial charge is 0.489 e. The maximum atomic E-state index is 14.1. The van der Waals surface area contributed by atoms with E-state index in [1.54, 1.807) is 6.07 Å². The Balaban J connectivity index is 1.96. The molecule has 0 saturated heterocycles. The van der Waals surface area contributed by atoms with E-state index in [2.05, 4.69) is 0 Å². The molecule has 0 unspecified atom stereocenters. The van der Waals surface area contributed by atoms with Crippen molar-refractivity contribution in [3.63, 3.8) is 0 Å². The molecule has 2 nitrogen and oxygen atoms in total. The molecule has 0 heterocycles. The summed E-state index contributed by atoms with van der Waals surface area (Å²) in [4.78, 5) is 11.2. The van der Waals surface area contributed by atoms with Crippen LogP contribution in [0.1, 0.15) is 15.9 Å². The summed E-state index contributed by atoms with van der Waals surface area (Å²) in [6.45, 7) is 0.279. The third-order valence-corrected chi connectivity index (χ3v) is 3.70.